The number of hydrogen-bond donors (Lipinski definition) is 10. The summed E-state index contributed by atoms with van der Waals surface area (Å²) in [6.45, 7) is 0. The van der Waals surface area contributed by atoms with Gasteiger partial charge in [-0.2, -0.15) is 0 Å². The Morgan fingerprint density at radius 3 is 0.700 bits per heavy atom. The van der Waals surface area contributed by atoms with Crippen molar-refractivity contribution in [2.75, 3.05) is 0 Å². The van der Waals surface area contributed by atoms with Gasteiger partial charge in [-0.15, -0.1) is 0 Å². The van der Waals surface area contributed by atoms with Crippen molar-refractivity contribution in [1.82, 2.24) is 0 Å². The molecule has 0 aromatic carbocycles. The predicted molar refractivity (Wildman–Crippen MR) is 47.4 cm³/mol. The molecule has 0 aliphatic heterocycles. The van der Waals surface area contributed by atoms with E-state index in [4.69, 9.17) is 48.0 Å². The summed E-state index contributed by atoms with van der Waals surface area (Å²) in [6, 6.07) is 0. The van der Waals surface area contributed by atoms with Gasteiger partial charge in [0.05, 0.1) is 0 Å². The molecule has 0 amide bonds. The third-order valence-electron chi connectivity index (χ3n) is 0.540. The maximum atomic E-state index is 9.59. The summed E-state index contributed by atoms with van der Waals surface area (Å²) in [4.78, 5) is 98.1. The Morgan fingerprint density at radius 1 is 0.500 bits per heavy atom. The Morgan fingerprint density at radius 2 is 0.700 bits per heavy atom. The second-order valence-corrected chi connectivity index (χ2v) is 8.57. The number of hydrogen-bond acceptors (Lipinski definition) is 14. The minimum atomic E-state index is -5.48. The molecule has 14 nitrogen and oxygen atoms in total. The van der Waals surface area contributed by atoms with Gasteiger partial charge in [-0.05, 0) is 0 Å². The van der Waals surface area contributed by atoms with Crippen molar-refractivity contribution in [3.63, 3.8) is 0 Å². The molecule has 0 aliphatic carbocycles. The van der Waals surface area contributed by atoms with Gasteiger partial charge in [-0.3, -0.25) is 0 Å². The summed E-state index contributed by atoms with van der Waals surface area (Å²) >= 11 is 0. The fourth-order valence-corrected chi connectivity index (χ4v) is 3.21. The van der Waals surface area contributed by atoms with E-state index < -0.39 is 36.2 Å². The van der Waals surface area contributed by atoms with Crippen LogP contribution in [0.5, 0.6) is 0 Å². The molecule has 10 N–H and O–H groups in total. The van der Waals surface area contributed by atoms with E-state index in [2.05, 4.69) is 8.23 Å². The first-order valence-corrected chi connectivity index (χ1v) is 10.4. The van der Waals surface area contributed by atoms with E-state index in [1.54, 1.807) is 0 Å². The van der Waals surface area contributed by atoms with Gasteiger partial charge >= 0.3 is 64.9 Å². The summed E-state index contributed by atoms with van der Waals surface area (Å²) in [5.74, 6) is 0. The molecule has 0 radical (unpaired) electrons. The fourth-order valence-electron chi connectivity index (χ4n) is 0.357. The van der Waals surface area contributed by atoms with Crippen molar-refractivity contribution in [3.8, 4) is 0 Å². The first-order chi connectivity index (χ1) is 7.41. The SMILES string of the molecule is O[Si](O)(O)O[Si](O)(O)O.[Li+].[Li+].[O-][Si]([O-])(O)O[Si](O)(O)O. The van der Waals surface area contributed by atoms with Crippen LogP contribution in [-0.4, -0.2) is 84.1 Å². The van der Waals surface area contributed by atoms with Crippen LogP contribution >= 0.6 is 0 Å². The van der Waals surface area contributed by atoms with Crippen LogP contribution in [0.3, 0.4) is 0 Å². The van der Waals surface area contributed by atoms with Gasteiger partial charge in [0.2, 0.25) is 0 Å². The van der Waals surface area contributed by atoms with Gasteiger partial charge in [-0.1, -0.05) is 0 Å². The minimum Gasteiger partial charge on any atom is -0.829 e. The third-order valence-corrected chi connectivity index (χ3v) is 4.86. The fraction of sp³-hybridized carbons (Fsp3) is 0. The molecule has 0 bridgehead atoms. The van der Waals surface area contributed by atoms with Gasteiger partial charge in [-0.25, -0.2) is 0 Å². The zero-order valence-corrected chi connectivity index (χ0v) is 14.1. The average molecular weight is 360 g/mol. The van der Waals surface area contributed by atoms with Crippen molar-refractivity contribution in [3.05, 3.63) is 0 Å². The maximum absolute atomic E-state index is 9.59. The smallest absolute Gasteiger partial charge is 0.829 e. The topological polar surface area (TPSA) is 267 Å². The molecule has 0 spiro atoms. The molecule has 20 heavy (non-hydrogen) atoms. The molecular weight excluding hydrogens is 350 g/mol. The zero-order chi connectivity index (χ0) is 15.4. The zero-order valence-electron chi connectivity index (χ0n) is 10.1. The molecule has 20 heteroatoms. The van der Waals surface area contributed by atoms with Crippen LogP contribution < -0.4 is 47.3 Å². The van der Waals surface area contributed by atoms with Crippen LogP contribution in [-0.2, 0) is 8.23 Å². The Hall–Kier alpha value is 1.50. The van der Waals surface area contributed by atoms with Gasteiger partial charge < -0.3 is 65.8 Å². The molecule has 0 heterocycles. The standard InChI is InChI=1S/2Li.H6O7Si2.H4O7Si2/c;;2*1-8(2,3)7-9(4,5)6/h;;1-6H;1-4H/q2*+1;;-2. The first-order valence-electron chi connectivity index (χ1n) is 3.46. The molecule has 0 atom stereocenters. The van der Waals surface area contributed by atoms with Crippen LogP contribution in [0.4, 0.5) is 0 Å². The normalized spacial score (nSPS) is 12.6. The molecule has 112 valence electrons. The monoisotopic (exact) mass is 360 g/mol. The van der Waals surface area contributed by atoms with E-state index in [1.807, 2.05) is 0 Å². The van der Waals surface area contributed by atoms with Crippen LogP contribution in [0, 0.1) is 0 Å². The van der Waals surface area contributed by atoms with E-state index in [-0.39, 0.29) is 37.7 Å². The van der Waals surface area contributed by atoms with Gasteiger partial charge in [0.1, 0.15) is 9.05 Å². The molecule has 0 aliphatic rings. The van der Waals surface area contributed by atoms with Crippen LogP contribution in [0.2, 0.25) is 0 Å². The van der Waals surface area contributed by atoms with Crippen molar-refractivity contribution in [1.29, 1.82) is 0 Å². The van der Waals surface area contributed by atoms with Crippen molar-refractivity contribution in [2.24, 2.45) is 0 Å². The molecule has 0 fully saturated rings. The van der Waals surface area contributed by atoms with E-state index in [0.717, 1.165) is 0 Å². The van der Waals surface area contributed by atoms with E-state index in [0.29, 0.717) is 0 Å². The summed E-state index contributed by atoms with van der Waals surface area (Å²) in [5, 5.41) is 0. The molecule has 0 aromatic heterocycles. The van der Waals surface area contributed by atoms with E-state index in [9.17, 15) is 9.59 Å². The predicted octanol–water partition coefficient (Wildman–Crippen LogP) is -15.6. The molecule has 0 saturated heterocycles. The van der Waals surface area contributed by atoms with Crippen molar-refractivity contribution >= 4 is 36.2 Å². The first kappa shape index (κ1) is 29.5. The van der Waals surface area contributed by atoms with Crippen LogP contribution in [0.15, 0.2) is 0 Å². The van der Waals surface area contributed by atoms with E-state index in [1.165, 1.54) is 0 Å². The molecule has 0 rings (SSSR count). The minimum absolute atomic E-state index is 0. The maximum Gasteiger partial charge on any atom is 1.00 e. The Kier molecular flexibility index (Phi) is 15.2. The van der Waals surface area contributed by atoms with Gasteiger partial charge in [0.15, 0.2) is 0 Å². The third kappa shape index (κ3) is 36.6. The average Bonchev–Trinajstić information content (AvgIpc) is 1.64. The molecule has 0 unspecified atom stereocenters. The van der Waals surface area contributed by atoms with E-state index >= 15 is 0 Å². The molecule has 0 aromatic rings. The molecule has 0 saturated carbocycles. The Bertz CT molecular complexity index is 180. The summed E-state index contributed by atoms with van der Waals surface area (Å²) in [5.41, 5.74) is 0. The van der Waals surface area contributed by atoms with Crippen molar-refractivity contribution < 1.29 is 103 Å². The Labute approximate surface area is 139 Å². The largest absolute Gasteiger partial charge is 1.00 e. The van der Waals surface area contributed by atoms with Crippen molar-refractivity contribution in [2.45, 2.75) is 0 Å². The van der Waals surface area contributed by atoms with Crippen LogP contribution in [0.25, 0.3) is 0 Å². The number of rotatable bonds is 4. The van der Waals surface area contributed by atoms with Gasteiger partial charge in [0.25, 0.3) is 0 Å². The quantitative estimate of drug-likeness (QED) is 0.208. The van der Waals surface area contributed by atoms with Crippen LogP contribution in [0.1, 0.15) is 0 Å². The Balaban J connectivity index is -0.000000116. The summed E-state index contributed by atoms with van der Waals surface area (Å²) in [6.07, 6.45) is 0. The second-order valence-electron chi connectivity index (χ2n) is 2.45. The second kappa shape index (κ2) is 10.3. The summed E-state index contributed by atoms with van der Waals surface area (Å²) in [7, 11) is -20.5. The summed E-state index contributed by atoms with van der Waals surface area (Å²) < 4.78 is 6.25. The van der Waals surface area contributed by atoms with Gasteiger partial charge in [0, 0.05) is 0 Å². The molecular formula is H10Li2O14Si4.